The molecule has 0 saturated heterocycles. The van der Waals surface area contributed by atoms with Crippen LogP contribution in [0.2, 0.25) is 0 Å². The first kappa shape index (κ1) is 22.1. The Labute approximate surface area is 170 Å². The van der Waals surface area contributed by atoms with Crippen molar-refractivity contribution in [2.75, 3.05) is 0 Å². The van der Waals surface area contributed by atoms with Gasteiger partial charge in [-0.3, -0.25) is 0 Å². The topological polar surface area (TPSA) is 94.1 Å². The number of nitrogens with one attached hydrogen (secondary N) is 1. The van der Waals surface area contributed by atoms with Crippen LogP contribution in [0.4, 0.5) is 4.79 Å². The van der Waals surface area contributed by atoms with Crippen molar-refractivity contribution in [1.29, 1.82) is 0 Å². The molecule has 2 N–H and O–H groups in total. The molecule has 0 spiro atoms. The van der Waals surface area contributed by atoms with Crippen LogP contribution in [-0.2, 0) is 16.1 Å². The van der Waals surface area contributed by atoms with Crippen LogP contribution in [0.3, 0.4) is 0 Å². The molecule has 1 amide bonds. The molecule has 2 rings (SSSR count). The van der Waals surface area contributed by atoms with Crippen molar-refractivity contribution in [3.63, 3.8) is 0 Å². The molecule has 0 aliphatic carbocycles. The molecule has 0 saturated carbocycles. The summed E-state index contributed by atoms with van der Waals surface area (Å²) < 4.78 is 16.5. The molecule has 0 unspecified atom stereocenters. The number of alkyl carbamates (subject to hydrolysis) is 1. The molecule has 0 fully saturated rings. The Balaban J connectivity index is 2.04. The molecule has 156 valence electrons. The first-order valence-electron chi connectivity index (χ1n) is 9.31. The Morgan fingerprint density at radius 3 is 2.41 bits per heavy atom. The Kier molecular flexibility index (Phi) is 7.09. The fourth-order valence-electron chi connectivity index (χ4n) is 2.40. The van der Waals surface area contributed by atoms with Crippen LogP contribution in [0.25, 0.3) is 0 Å². The number of hydrogen-bond acceptors (Lipinski definition) is 5. The van der Waals surface area contributed by atoms with Crippen molar-refractivity contribution in [3.8, 4) is 17.2 Å². The zero-order chi connectivity index (χ0) is 21.6. The van der Waals surface area contributed by atoms with E-state index in [0.717, 1.165) is 11.1 Å². The Morgan fingerprint density at radius 1 is 1.10 bits per heavy atom. The highest BCUT2D eigenvalue weighted by molar-refractivity contribution is 5.76. The second-order valence-corrected chi connectivity index (χ2v) is 7.40. The van der Waals surface area contributed by atoms with E-state index in [0.29, 0.717) is 23.8 Å². The van der Waals surface area contributed by atoms with E-state index in [1.165, 1.54) is 13.8 Å². The van der Waals surface area contributed by atoms with Gasteiger partial charge in [0.1, 0.15) is 17.2 Å². The minimum absolute atomic E-state index is 0.180. The number of rotatable bonds is 8. The first-order chi connectivity index (χ1) is 13.6. The molecule has 0 aromatic heterocycles. The van der Waals surface area contributed by atoms with Gasteiger partial charge in [0, 0.05) is 6.54 Å². The van der Waals surface area contributed by atoms with Crippen LogP contribution in [0.15, 0.2) is 42.5 Å². The number of carboxylic acids is 1. The normalized spacial score (nSPS) is 11.1. The number of ether oxygens (including phenoxy) is 3. The fourth-order valence-corrected chi connectivity index (χ4v) is 2.40. The van der Waals surface area contributed by atoms with E-state index >= 15 is 0 Å². The zero-order valence-electron chi connectivity index (χ0n) is 17.3. The summed E-state index contributed by atoms with van der Waals surface area (Å²) in [6, 6.07) is 12.5. The summed E-state index contributed by atoms with van der Waals surface area (Å²) in [4.78, 5) is 22.8. The van der Waals surface area contributed by atoms with Crippen molar-refractivity contribution >= 4 is 12.1 Å². The Morgan fingerprint density at radius 2 is 1.79 bits per heavy atom. The lowest BCUT2D eigenvalue weighted by molar-refractivity contribution is -0.152. The van der Waals surface area contributed by atoms with E-state index in [-0.39, 0.29) is 6.10 Å². The number of aryl methyl sites for hydroxylation is 1. The summed E-state index contributed by atoms with van der Waals surface area (Å²) >= 11 is 0. The maximum atomic E-state index is 11.6. The second kappa shape index (κ2) is 9.32. The lowest BCUT2D eigenvalue weighted by Gasteiger charge is -2.23. The summed E-state index contributed by atoms with van der Waals surface area (Å²) in [5.74, 6) is 0.638. The van der Waals surface area contributed by atoms with Crippen LogP contribution >= 0.6 is 0 Å². The van der Waals surface area contributed by atoms with Crippen molar-refractivity contribution in [2.24, 2.45) is 0 Å². The highest BCUT2D eigenvalue weighted by Crippen LogP contribution is 2.30. The number of amides is 1. The maximum absolute atomic E-state index is 11.6. The number of benzene rings is 2. The van der Waals surface area contributed by atoms with Crippen molar-refractivity contribution in [1.82, 2.24) is 5.32 Å². The molecule has 2 aromatic rings. The highest BCUT2D eigenvalue weighted by Gasteiger charge is 2.29. The van der Waals surface area contributed by atoms with Crippen molar-refractivity contribution < 1.29 is 28.9 Å². The maximum Gasteiger partial charge on any atom is 0.407 e. The number of carboxylic acid groups (broad SMARTS) is 1. The molecule has 2 aromatic carbocycles. The monoisotopic (exact) mass is 401 g/mol. The second-order valence-electron chi connectivity index (χ2n) is 7.40. The molecular formula is C22H27NO6. The molecule has 7 heteroatoms. The lowest BCUT2D eigenvalue weighted by atomic mass is 10.1. The van der Waals surface area contributed by atoms with Gasteiger partial charge in [0.2, 0.25) is 0 Å². The van der Waals surface area contributed by atoms with E-state index < -0.39 is 17.7 Å². The molecule has 7 nitrogen and oxygen atoms in total. The van der Waals surface area contributed by atoms with E-state index in [9.17, 15) is 14.7 Å². The van der Waals surface area contributed by atoms with Crippen LogP contribution in [0.5, 0.6) is 17.2 Å². The largest absolute Gasteiger partial charge is 0.478 e. The summed E-state index contributed by atoms with van der Waals surface area (Å²) in [7, 11) is 0. The smallest absolute Gasteiger partial charge is 0.407 e. The minimum atomic E-state index is -1.33. The molecule has 0 aliphatic heterocycles. The van der Waals surface area contributed by atoms with Crippen LogP contribution < -0.4 is 14.8 Å². The number of aliphatic carboxylic acids is 1. The molecule has 0 heterocycles. The zero-order valence-corrected chi connectivity index (χ0v) is 17.3. The van der Waals surface area contributed by atoms with Gasteiger partial charge < -0.3 is 24.6 Å². The number of carbonyl (C=O) groups excluding carboxylic acids is 1. The Hall–Kier alpha value is -3.22. The van der Waals surface area contributed by atoms with Gasteiger partial charge in [0.25, 0.3) is 0 Å². The molecule has 0 atom stereocenters. The van der Waals surface area contributed by atoms with Crippen molar-refractivity contribution in [2.45, 2.75) is 52.9 Å². The van der Waals surface area contributed by atoms with Gasteiger partial charge in [-0.25, -0.2) is 9.59 Å². The van der Waals surface area contributed by atoms with Crippen molar-refractivity contribution in [3.05, 3.63) is 53.6 Å². The van der Waals surface area contributed by atoms with E-state index in [2.05, 4.69) is 5.32 Å². The fraction of sp³-hybridized carbons (Fsp3) is 0.364. The average molecular weight is 401 g/mol. The highest BCUT2D eigenvalue weighted by atomic mass is 16.6. The quantitative estimate of drug-likeness (QED) is 0.668. The molecular weight excluding hydrogens is 374 g/mol. The number of hydrogen-bond donors (Lipinski definition) is 2. The molecule has 29 heavy (non-hydrogen) atoms. The summed E-state index contributed by atoms with van der Waals surface area (Å²) in [6.45, 7) is 8.70. The lowest BCUT2D eigenvalue weighted by Crippen LogP contribution is -2.38. The SMILES string of the molecule is Cc1cc(Oc2cccc(CNC(=O)OC(C)C)c2)ccc1OC(C)(C)C(=O)O. The van der Waals surface area contributed by atoms with E-state index in [1.807, 2.05) is 31.2 Å². The molecule has 0 aliphatic rings. The van der Waals surface area contributed by atoms with Gasteiger partial charge in [-0.1, -0.05) is 12.1 Å². The third kappa shape index (κ3) is 6.71. The van der Waals surface area contributed by atoms with Gasteiger partial charge in [0.05, 0.1) is 6.10 Å². The van der Waals surface area contributed by atoms with Crippen LogP contribution in [0, 0.1) is 6.92 Å². The van der Waals surface area contributed by atoms with Gasteiger partial charge in [0.15, 0.2) is 5.60 Å². The minimum Gasteiger partial charge on any atom is -0.478 e. The van der Waals surface area contributed by atoms with E-state index in [1.54, 1.807) is 32.0 Å². The van der Waals surface area contributed by atoms with Crippen LogP contribution in [0.1, 0.15) is 38.8 Å². The third-order valence-electron chi connectivity index (χ3n) is 3.94. The van der Waals surface area contributed by atoms with Gasteiger partial charge in [-0.2, -0.15) is 0 Å². The average Bonchev–Trinajstić information content (AvgIpc) is 2.62. The van der Waals surface area contributed by atoms with E-state index in [4.69, 9.17) is 14.2 Å². The predicted octanol–water partition coefficient (Wildman–Crippen LogP) is 4.66. The van der Waals surface area contributed by atoms with Crippen LogP contribution in [-0.4, -0.2) is 28.9 Å². The van der Waals surface area contributed by atoms with Gasteiger partial charge >= 0.3 is 12.1 Å². The predicted molar refractivity (Wildman–Crippen MR) is 108 cm³/mol. The molecule has 0 radical (unpaired) electrons. The number of carbonyl (C=O) groups is 2. The van der Waals surface area contributed by atoms with Gasteiger partial charge in [-0.15, -0.1) is 0 Å². The standard InChI is InChI=1S/C22H27NO6/c1-14(2)27-21(26)23-13-16-7-6-8-17(12-16)28-18-9-10-19(15(3)11-18)29-22(4,5)20(24)25/h6-12,14H,13H2,1-5H3,(H,23,26)(H,24,25). The summed E-state index contributed by atoms with van der Waals surface area (Å²) in [5, 5.41) is 11.9. The molecule has 0 bridgehead atoms. The first-order valence-corrected chi connectivity index (χ1v) is 9.31. The van der Waals surface area contributed by atoms with Gasteiger partial charge in [-0.05, 0) is 76.1 Å². The Bertz CT molecular complexity index is 875. The third-order valence-corrected chi connectivity index (χ3v) is 3.94. The summed E-state index contributed by atoms with van der Waals surface area (Å²) in [5.41, 5.74) is 0.291. The summed E-state index contributed by atoms with van der Waals surface area (Å²) in [6.07, 6.45) is -0.650.